The highest BCUT2D eigenvalue weighted by Crippen LogP contribution is 2.56. The first-order chi connectivity index (χ1) is 27.8. The van der Waals surface area contributed by atoms with E-state index in [2.05, 4.69) is 176 Å². The van der Waals surface area contributed by atoms with Crippen LogP contribution in [0.5, 0.6) is 0 Å². The molecule has 0 unspecified atom stereocenters. The van der Waals surface area contributed by atoms with Gasteiger partial charge in [-0.2, -0.15) is 0 Å². The molecule has 56 heavy (non-hydrogen) atoms. The van der Waals surface area contributed by atoms with Crippen LogP contribution in [0, 0.1) is 0 Å². The Morgan fingerprint density at radius 1 is 0.357 bits per heavy atom. The molecule has 0 aliphatic heterocycles. The highest BCUT2D eigenvalue weighted by molar-refractivity contribution is 6.09. The number of furan rings is 1. The molecule has 3 heteroatoms. The van der Waals surface area contributed by atoms with E-state index in [1.807, 2.05) is 30.3 Å². The Morgan fingerprint density at radius 3 is 1.73 bits per heavy atom. The van der Waals surface area contributed by atoms with Gasteiger partial charge < -0.3 is 4.42 Å². The van der Waals surface area contributed by atoms with Crippen molar-refractivity contribution >= 4 is 21.9 Å². The topological polar surface area (TPSA) is 38.9 Å². The van der Waals surface area contributed by atoms with Gasteiger partial charge in [0.15, 0.2) is 5.82 Å². The highest BCUT2D eigenvalue weighted by atomic mass is 16.3. The minimum absolute atomic E-state index is 0.466. The fourth-order valence-corrected chi connectivity index (χ4v) is 8.88. The largest absolute Gasteiger partial charge is 0.455 e. The molecule has 0 amide bonds. The molecular weight excluding hydrogens is 681 g/mol. The van der Waals surface area contributed by atoms with Crippen molar-refractivity contribution in [2.75, 3.05) is 0 Å². The summed E-state index contributed by atoms with van der Waals surface area (Å²) in [7, 11) is 0. The average molecular weight is 715 g/mol. The number of rotatable bonds is 6. The van der Waals surface area contributed by atoms with E-state index in [0.29, 0.717) is 5.82 Å². The van der Waals surface area contributed by atoms with Gasteiger partial charge in [0.2, 0.25) is 0 Å². The number of para-hydroxylation sites is 2. The van der Waals surface area contributed by atoms with Gasteiger partial charge in [-0.25, -0.2) is 9.97 Å². The van der Waals surface area contributed by atoms with E-state index >= 15 is 0 Å². The molecule has 11 rings (SSSR count). The van der Waals surface area contributed by atoms with Gasteiger partial charge in [0.1, 0.15) is 11.2 Å². The van der Waals surface area contributed by atoms with Crippen LogP contribution in [0.4, 0.5) is 0 Å². The second kappa shape index (κ2) is 12.9. The molecule has 3 nitrogen and oxygen atoms in total. The molecule has 1 aliphatic carbocycles. The van der Waals surface area contributed by atoms with Crippen LogP contribution < -0.4 is 0 Å². The van der Waals surface area contributed by atoms with Gasteiger partial charge in [-0.1, -0.05) is 176 Å². The molecule has 8 aromatic carbocycles. The molecule has 0 N–H and O–H groups in total. The number of fused-ring (bicyclic) bond motifs is 6. The fraction of sp³-hybridized carbons (Fsp3) is 0.0189. The van der Waals surface area contributed by atoms with E-state index in [-0.39, 0.29) is 0 Å². The first kappa shape index (κ1) is 32.1. The lowest BCUT2D eigenvalue weighted by molar-refractivity contribution is 0.670. The van der Waals surface area contributed by atoms with E-state index < -0.39 is 5.41 Å². The van der Waals surface area contributed by atoms with Gasteiger partial charge in [0.05, 0.1) is 16.8 Å². The summed E-state index contributed by atoms with van der Waals surface area (Å²) in [6.45, 7) is 0. The highest BCUT2D eigenvalue weighted by Gasteiger charge is 2.46. The van der Waals surface area contributed by atoms with Gasteiger partial charge in [-0.05, 0) is 74.8 Å². The molecular formula is C53H34N2O. The number of hydrogen-bond donors (Lipinski definition) is 0. The Kier molecular flexibility index (Phi) is 7.39. The zero-order valence-electron chi connectivity index (χ0n) is 30.4. The van der Waals surface area contributed by atoms with Gasteiger partial charge >= 0.3 is 0 Å². The van der Waals surface area contributed by atoms with Crippen LogP contribution >= 0.6 is 0 Å². The maximum atomic E-state index is 6.49. The molecule has 0 bridgehead atoms. The summed E-state index contributed by atoms with van der Waals surface area (Å²) >= 11 is 0. The predicted octanol–water partition coefficient (Wildman–Crippen LogP) is 13.4. The molecule has 10 aromatic rings. The van der Waals surface area contributed by atoms with E-state index in [1.54, 1.807) is 0 Å². The molecule has 262 valence electrons. The third-order valence-corrected chi connectivity index (χ3v) is 11.4. The lowest BCUT2D eigenvalue weighted by atomic mass is 9.67. The van der Waals surface area contributed by atoms with E-state index in [9.17, 15) is 0 Å². The van der Waals surface area contributed by atoms with Crippen molar-refractivity contribution in [3.8, 4) is 56.2 Å². The van der Waals surface area contributed by atoms with Crippen LogP contribution in [0.2, 0.25) is 0 Å². The summed E-state index contributed by atoms with van der Waals surface area (Å²) in [5.74, 6) is 0.669. The SMILES string of the molecule is c1ccc(-c2nc(-c3cccc(-c4ccc5c(c4)C(c4ccccc4)(c4ccccc4)c4ccccc4-5)c3)cc(-c3cccc4c3oc3ccccc34)n2)cc1. The minimum Gasteiger partial charge on any atom is -0.455 e. The second-order valence-corrected chi connectivity index (χ2v) is 14.5. The smallest absolute Gasteiger partial charge is 0.160 e. The van der Waals surface area contributed by atoms with Crippen LogP contribution in [0.3, 0.4) is 0 Å². The normalized spacial score (nSPS) is 12.8. The first-order valence-corrected chi connectivity index (χ1v) is 19.1. The first-order valence-electron chi connectivity index (χ1n) is 19.1. The molecule has 2 aromatic heterocycles. The standard InChI is InChI=1S/C53H34N2O/c1-4-16-35(17-5-1)52-54-48(34-49(55-52)45-27-15-26-44-43-25-11-13-29-50(43)56-51(44)45)38-19-14-18-36(32-38)37-30-31-42-41-24-10-12-28-46(41)53(47(42)33-37,39-20-6-2-7-21-39)40-22-8-3-9-23-40/h1-34H. The van der Waals surface area contributed by atoms with E-state index in [0.717, 1.165) is 61.1 Å². The Bertz CT molecular complexity index is 3040. The van der Waals surface area contributed by atoms with E-state index in [1.165, 1.54) is 33.4 Å². The summed E-state index contributed by atoms with van der Waals surface area (Å²) in [5, 5.41) is 2.16. The molecule has 0 spiro atoms. The van der Waals surface area contributed by atoms with Crippen molar-refractivity contribution in [1.29, 1.82) is 0 Å². The Labute approximate surface area is 325 Å². The summed E-state index contributed by atoms with van der Waals surface area (Å²) in [5.41, 5.74) is 15.7. The average Bonchev–Trinajstić information content (AvgIpc) is 3.81. The summed E-state index contributed by atoms with van der Waals surface area (Å²) in [4.78, 5) is 10.4. The zero-order valence-corrected chi connectivity index (χ0v) is 30.4. The third kappa shape index (κ3) is 4.98. The zero-order chi connectivity index (χ0) is 37.1. The summed E-state index contributed by atoms with van der Waals surface area (Å²) in [6, 6.07) is 73.4. The third-order valence-electron chi connectivity index (χ3n) is 11.4. The van der Waals surface area contributed by atoms with Gasteiger partial charge in [-0.3, -0.25) is 0 Å². The number of hydrogen-bond acceptors (Lipinski definition) is 3. The number of benzene rings is 8. The number of nitrogens with zero attached hydrogens (tertiary/aromatic N) is 2. The van der Waals surface area contributed by atoms with E-state index in [4.69, 9.17) is 14.4 Å². The minimum atomic E-state index is -0.466. The van der Waals surface area contributed by atoms with Crippen LogP contribution in [-0.2, 0) is 5.41 Å². The maximum absolute atomic E-state index is 6.49. The molecule has 0 radical (unpaired) electrons. The Morgan fingerprint density at radius 2 is 0.929 bits per heavy atom. The lowest BCUT2D eigenvalue weighted by Crippen LogP contribution is -2.28. The van der Waals surface area contributed by atoms with Gasteiger partial charge in [0, 0.05) is 27.5 Å². The summed E-state index contributed by atoms with van der Waals surface area (Å²) < 4.78 is 6.49. The van der Waals surface area contributed by atoms with Crippen LogP contribution in [-0.4, -0.2) is 9.97 Å². The second-order valence-electron chi connectivity index (χ2n) is 14.5. The predicted molar refractivity (Wildman–Crippen MR) is 228 cm³/mol. The van der Waals surface area contributed by atoms with Gasteiger partial charge in [0.25, 0.3) is 0 Å². The molecule has 1 aliphatic rings. The van der Waals surface area contributed by atoms with Crippen molar-refractivity contribution in [3.05, 3.63) is 229 Å². The van der Waals surface area contributed by atoms with Crippen molar-refractivity contribution in [2.45, 2.75) is 5.41 Å². The van der Waals surface area contributed by atoms with Crippen molar-refractivity contribution < 1.29 is 4.42 Å². The Hall–Kier alpha value is -7.36. The van der Waals surface area contributed by atoms with Gasteiger partial charge in [-0.15, -0.1) is 0 Å². The quantitative estimate of drug-likeness (QED) is 0.172. The Balaban J connectivity index is 1.09. The maximum Gasteiger partial charge on any atom is 0.160 e. The monoisotopic (exact) mass is 714 g/mol. The van der Waals surface area contributed by atoms with Crippen LogP contribution in [0.25, 0.3) is 78.1 Å². The lowest BCUT2D eigenvalue weighted by Gasteiger charge is -2.34. The van der Waals surface area contributed by atoms with Crippen LogP contribution in [0.1, 0.15) is 22.3 Å². The summed E-state index contributed by atoms with van der Waals surface area (Å²) in [6.07, 6.45) is 0. The van der Waals surface area contributed by atoms with Crippen molar-refractivity contribution in [2.24, 2.45) is 0 Å². The molecule has 0 atom stereocenters. The van der Waals surface area contributed by atoms with Crippen molar-refractivity contribution in [3.63, 3.8) is 0 Å². The molecule has 0 fully saturated rings. The molecule has 2 heterocycles. The fourth-order valence-electron chi connectivity index (χ4n) is 8.88. The number of aromatic nitrogens is 2. The van der Waals surface area contributed by atoms with Crippen molar-refractivity contribution in [1.82, 2.24) is 9.97 Å². The van der Waals surface area contributed by atoms with Crippen LogP contribution in [0.15, 0.2) is 211 Å². The molecule has 0 saturated heterocycles. The molecule has 0 saturated carbocycles.